The molecule has 0 fully saturated rings. The van der Waals surface area contributed by atoms with Gasteiger partial charge in [-0.25, -0.2) is 9.97 Å². The van der Waals surface area contributed by atoms with Crippen LogP contribution in [-0.4, -0.2) is 34.4 Å². The predicted molar refractivity (Wildman–Crippen MR) is 56.7 cm³/mol. The predicted octanol–water partition coefficient (Wildman–Crippen LogP) is -0.716. The maximum atomic E-state index is 10.6. The fraction of sp³-hybridized carbons (Fsp3) is 0.444. The van der Waals surface area contributed by atoms with E-state index in [4.69, 9.17) is 11.5 Å². The highest BCUT2D eigenvalue weighted by molar-refractivity contribution is 5.75. The molecule has 1 amide bonds. The Bertz CT molecular complexity index is 345. The monoisotopic (exact) mass is 209 g/mol. The van der Waals surface area contributed by atoms with E-state index < -0.39 is 0 Å². The van der Waals surface area contributed by atoms with Crippen molar-refractivity contribution < 1.29 is 4.79 Å². The molecule has 0 atom stereocenters. The lowest BCUT2D eigenvalue weighted by atomic mass is 10.4. The summed E-state index contributed by atoms with van der Waals surface area (Å²) in [7, 11) is 1.77. The van der Waals surface area contributed by atoms with Crippen LogP contribution in [0.15, 0.2) is 6.07 Å². The van der Waals surface area contributed by atoms with Gasteiger partial charge in [0.1, 0.15) is 11.6 Å². The maximum Gasteiger partial charge on any atom is 0.231 e. The Hall–Kier alpha value is -1.69. The van der Waals surface area contributed by atoms with Crippen molar-refractivity contribution >= 4 is 11.7 Å². The number of anilines is 1. The number of carbonyl (C=O) groups excluding carboxylic acids is 1. The largest absolute Gasteiger partial charge is 0.384 e. The molecular formula is C9H15N5O. The van der Waals surface area contributed by atoms with Crippen LogP contribution in [0.2, 0.25) is 0 Å². The van der Waals surface area contributed by atoms with Crippen LogP contribution in [0.3, 0.4) is 0 Å². The number of aromatic nitrogens is 2. The molecule has 0 saturated heterocycles. The third kappa shape index (κ3) is 3.90. The first-order chi connectivity index (χ1) is 6.97. The van der Waals surface area contributed by atoms with Crippen molar-refractivity contribution in [2.75, 3.05) is 19.3 Å². The second-order valence-electron chi connectivity index (χ2n) is 3.49. The van der Waals surface area contributed by atoms with Gasteiger partial charge in [-0.15, -0.1) is 0 Å². The number of likely N-dealkylation sites (N-methyl/N-ethyl adjacent to an activating group) is 1. The van der Waals surface area contributed by atoms with E-state index >= 15 is 0 Å². The van der Waals surface area contributed by atoms with Crippen molar-refractivity contribution in [1.29, 1.82) is 0 Å². The molecule has 0 unspecified atom stereocenters. The van der Waals surface area contributed by atoms with Gasteiger partial charge in [-0.3, -0.25) is 9.69 Å². The Kier molecular flexibility index (Phi) is 3.56. The summed E-state index contributed by atoms with van der Waals surface area (Å²) >= 11 is 0. The molecule has 0 aliphatic carbocycles. The minimum atomic E-state index is -0.377. The maximum absolute atomic E-state index is 10.6. The molecule has 1 heterocycles. The van der Waals surface area contributed by atoms with Crippen molar-refractivity contribution in [3.05, 3.63) is 17.6 Å². The third-order valence-electron chi connectivity index (χ3n) is 1.76. The number of hydrogen-bond acceptors (Lipinski definition) is 5. The number of nitrogens with two attached hydrogens (primary N) is 2. The third-order valence-corrected chi connectivity index (χ3v) is 1.76. The molecule has 0 aliphatic heterocycles. The van der Waals surface area contributed by atoms with E-state index in [2.05, 4.69) is 9.97 Å². The van der Waals surface area contributed by atoms with Gasteiger partial charge in [0.25, 0.3) is 0 Å². The summed E-state index contributed by atoms with van der Waals surface area (Å²) < 4.78 is 0. The first-order valence-electron chi connectivity index (χ1n) is 4.54. The number of nitrogen functional groups attached to an aromatic ring is 1. The SMILES string of the molecule is Cc1cc(N)nc(CN(C)CC(N)=O)n1. The quantitative estimate of drug-likeness (QED) is 0.682. The van der Waals surface area contributed by atoms with Gasteiger partial charge in [-0.1, -0.05) is 0 Å². The first kappa shape index (κ1) is 11.4. The van der Waals surface area contributed by atoms with Gasteiger partial charge >= 0.3 is 0 Å². The molecule has 4 N–H and O–H groups in total. The van der Waals surface area contributed by atoms with Gasteiger partial charge in [0.05, 0.1) is 13.1 Å². The molecule has 0 saturated carbocycles. The Morgan fingerprint density at radius 1 is 1.53 bits per heavy atom. The van der Waals surface area contributed by atoms with E-state index in [0.29, 0.717) is 18.2 Å². The topological polar surface area (TPSA) is 98.1 Å². The summed E-state index contributed by atoms with van der Waals surface area (Å²) in [6.45, 7) is 2.47. The minimum Gasteiger partial charge on any atom is -0.384 e. The van der Waals surface area contributed by atoms with Crippen LogP contribution in [-0.2, 0) is 11.3 Å². The molecule has 0 spiro atoms. The van der Waals surface area contributed by atoms with E-state index in [0.717, 1.165) is 5.69 Å². The second kappa shape index (κ2) is 4.70. The lowest BCUT2D eigenvalue weighted by molar-refractivity contribution is -0.118. The highest BCUT2D eigenvalue weighted by Gasteiger charge is 2.06. The van der Waals surface area contributed by atoms with Gasteiger partial charge in [0.15, 0.2) is 0 Å². The minimum absolute atomic E-state index is 0.178. The number of amides is 1. The smallest absolute Gasteiger partial charge is 0.231 e. The zero-order valence-electron chi connectivity index (χ0n) is 8.90. The Morgan fingerprint density at radius 2 is 2.20 bits per heavy atom. The average Bonchev–Trinajstić information content (AvgIpc) is 1.98. The second-order valence-corrected chi connectivity index (χ2v) is 3.49. The van der Waals surface area contributed by atoms with E-state index in [1.165, 1.54) is 0 Å². The van der Waals surface area contributed by atoms with Gasteiger partial charge in [-0.2, -0.15) is 0 Å². The zero-order chi connectivity index (χ0) is 11.4. The summed E-state index contributed by atoms with van der Waals surface area (Å²) in [6.07, 6.45) is 0. The highest BCUT2D eigenvalue weighted by Crippen LogP contribution is 2.03. The number of primary amides is 1. The molecule has 1 aromatic rings. The molecule has 0 radical (unpaired) electrons. The van der Waals surface area contributed by atoms with Crippen LogP contribution < -0.4 is 11.5 Å². The molecule has 1 rings (SSSR count). The van der Waals surface area contributed by atoms with E-state index in [-0.39, 0.29) is 12.5 Å². The average molecular weight is 209 g/mol. The molecular weight excluding hydrogens is 194 g/mol. The van der Waals surface area contributed by atoms with E-state index in [1.54, 1.807) is 18.0 Å². The molecule has 6 heteroatoms. The van der Waals surface area contributed by atoms with Gasteiger partial charge in [-0.05, 0) is 14.0 Å². The number of nitrogens with zero attached hydrogens (tertiary/aromatic N) is 3. The molecule has 15 heavy (non-hydrogen) atoms. The fourth-order valence-electron chi connectivity index (χ4n) is 1.29. The van der Waals surface area contributed by atoms with Crippen LogP contribution in [0, 0.1) is 6.92 Å². The number of rotatable bonds is 4. The van der Waals surface area contributed by atoms with Crippen molar-refractivity contribution in [3.8, 4) is 0 Å². The summed E-state index contributed by atoms with van der Waals surface area (Å²) in [4.78, 5) is 20.6. The van der Waals surface area contributed by atoms with Gasteiger partial charge in [0, 0.05) is 11.8 Å². The van der Waals surface area contributed by atoms with Crippen molar-refractivity contribution in [2.24, 2.45) is 5.73 Å². The molecule has 82 valence electrons. The van der Waals surface area contributed by atoms with Crippen LogP contribution in [0.1, 0.15) is 11.5 Å². The van der Waals surface area contributed by atoms with Crippen molar-refractivity contribution in [2.45, 2.75) is 13.5 Å². The molecule has 0 bridgehead atoms. The van der Waals surface area contributed by atoms with Crippen LogP contribution in [0.25, 0.3) is 0 Å². The molecule has 0 aromatic carbocycles. The Morgan fingerprint density at radius 3 is 2.73 bits per heavy atom. The number of hydrogen-bond donors (Lipinski definition) is 2. The number of aryl methyl sites for hydroxylation is 1. The lowest BCUT2D eigenvalue weighted by Crippen LogP contribution is -2.30. The zero-order valence-corrected chi connectivity index (χ0v) is 8.90. The molecule has 1 aromatic heterocycles. The number of carbonyl (C=O) groups is 1. The standard InChI is InChI=1S/C9H15N5O/c1-6-3-7(10)13-9(12-6)5-14(2)4-8(11)15/h3H,4-5H2,1-2H3,(H2,11,15)(H2,10,12,13). The van der Waals surface area contributed by atoms with Crippen molar-refractivity contribution in [3.63, 3.8) is 0 Å². The Balaban J connectivity index is 2.67. The van der Waals surface area contributed by atoms with Crippen LogP contribution in [0.4, 0.5) is 5.82 Å². The van der Waals surface area contributed by atoms with E-state index in [1.807, 2.05) is 6.92 Å². The summed E-state index contributed by atoms with van der Waals surface area (Å²) in [5.41, 5.74) is 11.4. The summed E-state index contributed by atoms with van der Waals surface area (Å²) in [5.74, 6) is 0.652. The van der Waals surface area contributed by atoms with Gasteiger partial charge in [0.2, 0.25) is 5.91 Å². The summed E-state index contributed by atoms with van der Waals surface area (Å²) in [6, 6.07) is 1.69. The lowest BCUT2D eigenvalue weighted by Gasteiger charge is -2.13. The molecule has 6 nitrogen and oxygen atoms in total. The van der Waals surface area contributed by atoms with E-state index in [9.17, 15) is 4.79 Å². The normalized spacial score (nSPS) is 10.6. The fourth-order valence-corrected chi connectivity index (χ4v) is 1.29. The highest BCUT2D eigenvalue weighted by atomic mass is 16.1. The van der Waals surface area contributed by atoms with Crippen LogP contribution in [0.5, 0.6) is 0 Å². The Labute approximate surface area is 88.3 Å². The van der Waals surface area contributed by atoms with Crippen LogP contribution >= 0.6 is 0 Å². The van der Waals surface area contributed by atoms with Crippen molar-refractivity contribution in [1.82, 2.24) is 14.9 Å². The molecule has 0 aliphatic rings. The first-order valence-corrected chi connectivity index (χ1v) is 4.54. The van der Waals surface area contributed by atoms with Gasteiger partial charge < -0.3 is 11.5 Å². The summed E-state index contributed by atoms with van der Waals surface area (Å²) in [5, 5.41) is 0.